The SMILES string of the molecule is CNC(C(=O)N(C(C(=O)NC(C)C)c1ccc2ncccc2c1)[C@@H](C=O)CC(C)C)C1Cc2ccccc2C1. The van der Waals surface area contributed by atoms with E-state index in [1.165, 1.54) is 11.1 Å². The number of fused-ring (bicyclic) bond motifs is 2. The zero-order valence-electron chi connectivity index (χ0n) is 23.6. The van der Waals surface area contributed by atoms with Crippen LogP contribution in [0, 0.1) is 11.8 Å². The van der Waals surface area contributed by atoms with Gasteiger partial charge in [-0.2, -0.15) is 0 Å². The van der Waals surface area contributed by atoms with Crippen LogP contribution in [-0.4, -0.2) is 53.2 Å². The van der Waals surface area contributed by atoms with Crippen LogP contribution in [0.3, 0.4) is 0 Å². The van der Waals surface area contributed by atoms with E-state index in [0.29, 0.717) is 12.0 Å². The number of benzene rings is 2. The van der Waals surface area contributed by atoms with E-state index in [1.807, 2.05) is 70.2 Å². The molecule has 0 spiro atoms. The van der Waals surface area contributed by atoms with Gasteiger partial charge in [-0.3, -0.25) is 14.6 Å². The Kier molecular flexibility index (Phi) is 9.12. The Hall–Kier alpha value is -3.58. The second kappa shape index (κ2) is 12.5. The van der Waals surface area contributed by atoms with E-state index in [9.17, 15) is 14.4 Å². The lowest BCUT2D eigenvalue weighted by molar-refractivity contribution is -0.148. The van der Waals surface area contributed by atoms with Crippen molar-refractivity contribution in [3.63, 3.8) is 0 Å². The molecule has 3 aromatic rings. The minimum atomic E-state index is -0.974. The molecule has 1 aromatic heterocycles. The van der Waals surface area contributed by atoms with Crippen LogP contribution < -0.4 is 10.6 Å². The molecular weight excluding hydrogens is 488 g/mol. The first kappa shape index (κ1) is 28.4. The summed E-state index contributed by atoms with van der Waals surface area (Å²) in [5, 5.41) is 7.14. The van der Waals surface area contributed by atoms with Gasteiger partial charge < -0.3 is 20.3 Å². The van der Waals surface area contributed by atoms with Crippen molar-refractivity contribution < 1.29 is 14.4 Å². The molecule has 2 amide bonds. The maximum atomic E-state index is 14.6. The van der Waals surface area contributed by atoms with Crippen LogP contribution in [0.5, 0.6) is 0 Å². The lowest BCUT2D eigenvalue weighted by Crippen LogP contribution is -2.57. The Morgan fingerprint density at radius 3 is 2.31 bits per heavy atom. The zero-order valence-corrected chi connectivity index (χ0v) is 23.6. The van der Waals surface area contributed by atoms with Crippen LogP contribution in [0.1, 0.15) is 56.8 Å². The highest BCUT2D eigenvalue weighted by molar-refractivity contribution is 5.93. The average Bonchev–Trinajstić information content (AvgIpc) is 3.33. The molecule has 0 bridgehead atoms. The monoisotopic (exact) mass is 528 g/mol. The Bertz CT molecular complexity index is 1300. The van der Waals surface area contributed by atoms with Gasteiger partial charge in [0.1, 0.15) is 12.3 Å². The fourth-order valence-electron chi connectivity index (χ4n) is 5.82. The van der Waals surface area contributed by atoms with Gasteiger partial charge in [0.25, 0.3) is 0 Å². The van der Waals surface area contributed by atoms with E-state index in [1.54, 1.807) is 18.1 Å². The predicted octanol–water partition coefficient (Wildman–Crippen LogP) is 4.25. The number of nitrogens with one attached hydrogen (secondary N) is 2. The molecule has 1 aliphatic rings. The third kappa shape index (κ3) is 6.36. The third-order valence-corrected chi connectivity index (χ3v) is 7.51. The third-order valence-electron chi connectivity index (χ3n) is 7.51. The minimum absolute atomic E-state index is 0.0170. The summed E-state index contributed by atoms with van der Waals surface area (Å²) in [7, 11) is 1.78. The van der Waals surface area contributed by atoms with Crippen LogP contribution in [0.25, 0.3) is 10.9 Å². The predicted molar refractivity (Wildman–Crippen MR) is 154 cm³/mol. The highest BCUT2D eigenvalue weighted by Gasteiger charge is 2.42. The van der Waals surface area contributed by atoms with Crippen LogP contribution in [-0.2, 0) is 27.2 Å². The molecule has 206 valence electrons. The van der Waals surface area contributed by atoms with Crippen molar-refractivity contribution >= 4 is 29.0 Å². The molecule has 2 unspecified atom stereocenters. The second-order valence-electron chi connectivity index (χ2n) is 11.3. The summed E-state index contributed by atoms with van der Waals surface area (Å²) in [6.07, 6.45) is 4.54. The minimum Gasteiger partial charge on any atom is -0.352 e. The van der Waals surface area contributed by atoms with Crippen LogP contribution >= 0.6 is 0 Å². The van der Waals surface area contributed by atoms with Gasteiger partial charge in [-0.05, 0) is 86.9 Å². The molecule has 0 aliphatic heterocycles. The average molecular weight is 529 g/mol. The van der Waals surface area contributed by atoms with Crippen molar-refractivity contribution in [2.45, 2.75) is 71.1 Å². The number of amides is 2. The Labute approximate surface area is 231 Å². The topological polar surface area (TPSA) is 91.4 Å². The van der Waals surface area contributed by atoms with Crippen molar-refractivity contribution in [3.05, 3.63) is 77.5 Å². The van der Waals surface area contributed by atoms with E-state index in [0.717, 1.165) is 30.0 Å². The fraction of sp³-hybridized carbons (Fsp3) is 0.438. The first-order chi connectivity index (χ1) is 18.7. The van der Waals surface area contributed by atoms with Gasteiger partial charge in [-0.1, -0.05) is 50.2 Å². The molecule has 2 aromatic carbocycles. The van der Waals surface area contributed by atoms with Gasteiger partial charge in [0, 0.05) is 17.6 Å². The van der Waals surface area contributed by atoms with Crippen molar-refractivity contribution in [2.24, 2.45) is 11.8 Å². The van der Waals surface area contributed by atoms with Crippen molar-refractivity contribution in [3.8, 4) is 0 Å². The molecule has 0 fully saturated rings. The Morgan fingerprint density at radius 2 is 1.72 bits per heavy atom. The summed E-state index contributed by atoms with van der Waals surface area (Å²) in [6, 6.07) is 15.2. The Morgan fingerprint density at radius 1 is 1.03 bits per heavy atom. The second-order valence-corrected chi connectivity index (χ2v) is 11.3. The molecule has 7 nitrogen and oxygen atoms in total. The van der Waals surface area contributed by atoms with E-state index >= 15 is 0 Å². The number of aromatic nitrogens is 1. The van der Waals surface area contributed by atoms with Gasteiger partial charge in [0.05, 0.1) is 17.6 Å². The summed E-state index contributed by atoms with van der Waals surface area (Å²) in [5.41, 5.74) is 3.94. The molecule has 2 N–H and O–H groups in total. The molecule has 1 heterocycles. The number of hydrogen-bond donors (Lipinski definition) is 2. The number of pyridine rings is 1. The lowest BCUT2D eigenvalue weighted by atomic mass is 9.91. The molecular formula is C32H40N4O3. The number of rotatable bonds is 11. The highest BCUT2D eigenvalue weighted by atomic mass is 16.2. The zero-order chi connectivity index (χ0) is 28.1. The van der Waals surface area contributed by atoms with Crippen LogP contribution in [0.15, 0.2) is 60.8 Å². The molecule has 1 aliphatic carbocycles. The van der Waals surface area contributed by atoms with E-state index < -0.39 is 18.1 Å². The van der Waals surface area contributed by atoms with Gasteiger partial charge in [-0.15, -0.1) is 0 Å². The number of nitrogens with zero attached hydrogens (tertiary/aromatic N) is 2. The number of carbonyl (C=O) groups excluding carboxylic acids is 3. The summed E-state index contributed by atoms with van der Waals surface area (Å²) in [6.45, 7) is 7.83. The maximum Gasteiger partial charge on any atom is 0.247 e. The van der Waals surface area contributed by atoms with Gasteiger partial charge in [0.2, 0.25) is 11.8 Å². The molecule has 3 atom stereocenters. The summed E-state index contributed by atoms with van der Waals surface area (Å²) in [4.78, 5) is 47.1. The molecule has 0 saturated carbocycles. The van der Waals surface area contributed by atoms with E-state index in [4.69, 9.17) is 0 Å². The van der Waals surface area contributed by atoms with E-state index in [-0.39, 0.29) is 29.7 Å². The largest absolute Gasteiger partial charge is 0.352 e. The van der Waals surface area contributed by atoms with E-state index in [2.05, 4.69) is 27.8 Å². The van der Waals surface area contributed by atoms with Crippen molar-refractivity contribution in [1.29, 1.82) is 0 Å². The highest BCUT2D eigenvalue weighted by Crippen LogP contribution is 2.33. The van der Waals surface area contributed by atoms with Gasteiger partial charge >= 0.3 is 0 Å². The molecule has 4 rings (SSSR count). The van der Waals surface area contributed by atoms with Crippen molar-refractivity contribution in [2.75, 3.05) is 7.05 Å². The number of hydrogen-bond acceptors (Lipinski definition) is 5. The van der Waals surface area contributed by atoms with Crippen molar-refractivity contribution in [1.82, 2.24) is 20.5 Å². The number of likely N-dealkylation sites (N-methyl/N-ethyl adjacent to an activating group) is 1. The first-order valence-corrected chi connectivity index (χ1v) is 13.9. The molecule has 7 heteroatoms. The molecule has 0 saturated heterocycles. The standard InChI is InChI=1S/C32H40N4O3/c1-20(2)15-27(19-37)36(32(39)29(33-5)26-16-22-9-6-7-10-23(22)17-26)30(31(38)35-21(3)4)25-12-13-28-24(18-25)11-8-14-34-28/h6-14,18-21,26-27,29-30,33H,15-17H2,1-5H3,(H,35,38)/t27-,29?,30?/m1/s1. The number of carbonyl (C=O) groups is 3. The van der Waals surface area contributed by atoms with Crippen LogP contribution in [0.4, 0.5) is 0 Å². The summed E-state index contributed by atoms with van der Waals surface area (Å²) >= 11 is 0. The first-order valence-electron chi connectivity index (χ1n) is 13.9. The normalized spacial score (nSPS) is 15.7. The summed E-state index contributed by atoms with van der Waals surface area (Å²) < 4.78 is 0. The molecule has 0 radical (unpaired) electrons. The number of aldehydes is 1. The smallest absolute Gasteiger partial charge is 0.247 e. The Balaban J connectivity index is 1.81. The van der Waals surface area contributed by atoms with Gasteiger partial charge in [0.15, 0.2) is 0 Å². The van der Waals surface area contributed by atoms with Gasteiger partial charge in [-0.25, -0.2) is 0 Å². The maximum absolute atomic E-state index is 14.6. The lowest BCUT2D eigenvalue weighted by Gasteiger charge is -2.39. The quantitative estimate of drug-likeness (QED) is 0.363. The summed E-state index contributed by atoms with van der Waals surface area (Å²) in [5.74, 6) is -0.373. The fourth-order valence-corrected chi connectivity index (χ4v) is 5.82. The molecule has 39 heavy (non-hydrogen) atoms. The van der Waals surface area contributed by atoms with Crippen LogP contribution in [0.2, 0.25) is 0 Å².